The summed E-state index contributed by atoms with van der Waals surface area (Å²) < 4.78 is 44.9. The summed E-state index contributed by atoms with van der Waals surface area (Å²) in [6.45, 7) is 2.73. The first-order valence-electron chi connectivity index (χ1n) is 7.48. The Morgan fingerprint density at radius 3 is 2.50 bits per heavy atom. The third-order valence-corrected chi connectivity index (χ3v) is 6.16. The number of hydrogen-bond acceptors (Lipinski definition) is 3. The molecule has 1 saturated heterocycles. The van der Waals surface area contributed by atoms with Crippen molar-refractivity contribution in [2.24, 2.45) is 0 Å². The van der Waals surface area contributed by atoms with Crippen LogP contribution in [0, 0.1) is 12.7 Å². The van der Waals surface area contributed by atoms with Gasteiger partial charge in [0.1, 0.15) is 5.82 Å². The van der Waals surface area contributed by atoms with Crippen LogP contribution < -0.4 is 0 Å². The van der Waals surface area contributed by atoms with Gasteiger partial charge in [0.2, 0.25) is 10.0 Å². The van der Waals surface area contributed by atoms with Crippen molar-refractivity contribution < 1.29 is 17.5 Å². The summed E-state index contributed by atoms with van der Waals surface area (Å²) in [4.78, 5) is 0.285. The zero-order valence-corrected chi connectivity index (χ0v) is 14.6. The van der Waals surface area contributed by atoms with Gasteiger partial charge in [-0.05, 0) is 36.8 Å². The minimum atomic E-state index is -3.47. The molecule has 0 radical (unpaired) electrons. The SMILES string of the molecule is Cc1ccc(S(=O)(=O)N2CC(OCc3ccc(F)cc3Cl)C2)cc1. The minimum Gasteiger partial charge on any atom is -0.371 e. The molecular formula is C17H17ClFNO3S. The van der Waals surface area contributed by atoms with Gasteiger partial charge in [0, 0.05) is 18.1 Å². The molecule has 0 N–H and O–H groups in total. The number of nitrogens with zero attached hydrogens (tertiary/aromatic N) is 1. The molecule has 0 saturated carbocycles. The van der Waals surface area contributed by atoms with Gasteiger partial charge in [0.15, 0.2) is 0 Å². The van der Waals surface area contributed by atoms with Gasteiger partial charge in [-0.1, -0.05) is 35.4 Å². The molecule has 0 spiro atoms. The minimum absolute atomic E-state index is 0.189. The lowest BCUT2D eigenvalue weighted by molar-refractivity contribution is -0.0295. The van der Waals surface area contributed by atoms with Crippen LogP contribution in [0.15, 0.2) is 47.4 Å². The smallest absolute Gasteiger partial charge is 0.243 e. The molecule has 1 heterocycles. The molecule has 1 aliphatic heterocycles. The fourth-order valence-electron chi connectivity index (χ4n) is 2.41. The van der Waals surface area contributed by atoms with Crippen LogP contribution in [0.2, 0.25) is 5.02 Å². The van der Waals surface area contributed by atoms with Gasteiger partial charge < -0.3 is 4.74 Å². The topological polar surface area (TPSA) is 46.6 Å². The van der Waals surface area contributed by atoms with Crippen molar-refractivity contribution in [3.63, 3.8) is 0 Å². The Hall–Kier alpha value is -1.47. The molecule has 0 atom stereocenters. The first kappa shape index (κ1) is 17.4. The van der Waals surface area contributed by atoms with Gasteiger partial charge in [-0.15, -0.1) is 0 Å². The lowest BCUT2D eigenvalue weighted by Crippen LogP contribution is -2.54. The standard InChI is InChI=1S/C17H17ClFNO3S/c1-12-2-6-16(7-3-12)24(21,22)20-9-15(10-20)23-11-13-4-5-14(19)8-17(13)18/h2-8,15H,9-11H2,1H3. The summed E-state index contributed by atoms with van der Waals surface area (Å²) in [6.07, 6.45) is -0.189. The summed E-state index contributed by atoms with van der Waals surface area (Å²) in [5, 5.41) is 0.304. The second-order valence-corrected chi connectivity index (χ2v) is 8.15. The fourth-order valence-corrected chi connectivity index (χ4v) is 4.13. The summed E-state index contributed by atoms with van der Waals surface area (Å²) in [7, 11) is -3.47. The lowest BCUT2D eigenvalue weighted by Gasteiger charge is -2.37. The van der Waals surface area contributed by atoms with E-state index in [9.17, 15) is 12.8 Å². The molecular weight excluding hydrogens is 353 g/mol. The fraction of sp³-hybridized carbons (Fsp3) is 0.294. The number of halogens is 2. The van der Waals surface area contributed by atoms with Crippen LogP contribution in [0.25, 0.3) is 0 Å². The van der Waals surface area contributed by atoms with E-state index >= 15 is 0 Å². The van der Waals surface area contributed by atoms with Crippen LogP contribution in [0.4, 0.5) is 4.39 Å². The van der Waals surface area contributed by atoms with Crippen LogP contribution in [-0.4, -0.2) is 31.9 Å². The number of aryl methyl sites for hydroxylation is 1. The largest absolute Gasteiger partial charge is 0.371 e. The number of benzene rings is 2. The predicted molar refractivity (Wildman–Crippen MR) is 89.9 cm³/mol. The Labute approximate surface area is 145 Å². The highest BCUT2D eigenvalue weighted by Gasteiger charge is 2.37. The summed E-state index contributed by atoms with van der Waals surface area (Å²) >= 11 is 5.94. The van der Waals surface area contributed by atoms with Crippen LogP contribution in [0.5, 0.6) is 0 Å². The molecule has 0 unspecified atom stereocenters. The predicted octanol–water partition coefficient (Wildman–Crippen LogP) is 3.38. The molecule has 0 amide bonds. The van der Waals surface area contributed by atoms with Crippen molar-refractivity contribution in [1.82, 2.24) is 4.31 Å². The van der Waals surface area contributed by atoms with Gasteiger partial charge in [0.05, 0.1) is 17.6 Å². The summed E-state index contributed by atoms with van der Waals surface area (Å²) in [5.74, 6) is -0.400. The van der Waals surface area contributed by atoms with Crippen LogP contribution in [0.1, 0.15) is 11.1 Å². The Balaban J connectivity index is 1.56. The quantitative estimate of drug-likeness (QED) is 0.811. The Kier molecular flexibility index (Phi) is 4.92. The van der Waals surface area contributed by atoms with Crippen molar-refractivity contribution >= 4 is 21.6 Å². The van der Waals surface area contributed by atoms with E-state index in [4.69, 9.17) is 16.3 Å². The molecule has 24 heavy (non-hydrogen) atoms. The molecule has 2 aromatic carbocycles. The van der Waals surface area contributed by atoms with E-state index in [1.807, 2.05) is 6.92 Å². The van der Waals surface area contributed by atoms with E-state index in [-0.39, 0.29) is 17.6 Å². The third kappa shape index (κ3) is 3.62. The second kappa shape index (κ2) is 6.80. The molecule has 2 aromatic rings. The normalized spacial score (nSPS) is 16.1. The third-order valence-electron chi connectivity index (χ3n) is 3.96. The van der Waals surface area contributed by atoms with E-state index in [2.05, 4.69) is 0 Å². The van der Waals surface area contributed by atoms with E-state index in [1.54, 1.807) is 30.3 Å². The molecule has 1 fully saturated rings. The maximum atomic E-state index is 13.0. The van der Waals surface area contributed by atoms with Gasteiger partial charge in [-0.25, -0.2) is 12.8 Å². The molecule has 0 aliphatic carbocycles. The summed E-state index contributed by atoms with van der Waals surface area (Å²) in [5.41, 5.74) is 1.69. The van der Waals surface area contributed by atoms with Crippen molar-refractivity contribution in [2.75, 3.05) is 13.1 Å². The molecule has 4 nitrogen and oxygen atoms in total. The monoisotopic (exact) mass is 369 g/mol. The Morgan fingerprint density at radius 2 is 1.88 bits per heavy atom. The average molecular weight is 370 g/mol. The molecule has 3 rings (SSSR count). The van der Waals surface area contributed by atoms with Crippen molar-refractivity contribution in [2.45, 2.75) is 24.5 Å². The highest BCUT2D eigenvalue weighted by atomic mass is 35.5. The molecule has 1 aliphatic rings. The van der Waals surface area contributed by atoms with Gasteiger partial charge in [0.25, 0.3) is 0 Å². The first-order chi connectivity index (χ1) is 11.4. The van der Waals surface area contributed by atoms with Crippen molar-refractivity contribution in [1.29, 1.82) is 0 Å². The number of hydrogen-bond donors (Lipinski definition) is 0. The van der Waals surface area contributed by atoms with E-state index in [0.717, 1.165) is 5.56 Å². The number of ether oxygens (including phenoxy) is 1. The van der Waals surface area contributed by atoms with Crippen molar-refractivity contribution in [3.8, 4) is 0 Å². The van der Waals surface area contributed by atoms with Crippen LogP contribution in [-0.2, 0) is 21.4 Å². The molecule has 128 valence electrons. The summed E-state index contributed by atoms with van der Waals surface area (Å²) in [6, 6.07) is 10.9. The number of sulfonamides is 1. The second-order valence-electron chi connectivity index (χ2n) is 5.80. The van der Waals surface area contributed by atoms with E-state index in [1.165, 1.54) is 16.4 Å². The van der Waals surface area contributed by atoms with E-state index < -0.39 is 15.8 Å². The van der Waals surface area contributed by atoms with Gasteiger partial charge in [-0.3, -0.25) is 0 Å². The zero-order valence-electron chi connectivity index (χ0n) is 13.1. The highest BCUT2D eigenvalue weighted by molar-refractivity contribution is 7.89. The lowest BCUT2D eigenvalue weighted by atomic mass is 10.2. The van der Waals surface area contributed by atoms with Crippen LogP contribution >= 0.6 is 11.6 Å². The molecule has 0 bridgehead atoms. The zero-order chi connectivity index (χ0) is 17.3. The Morgan fingerprint density at radius 1 is 1.21 bits per heavy atom. The Bertz CT molecular complexity index is 833. The average Bonchev–Trinajstić information content (AvgIpc) is 2.48. The first-order valence-corrected chi connectivity index (χ1v) is 9.30. The maximum Gasteiger partial charge on any atom is 0.243 e. The molecule has 0 aromatic heterocycles. The highest BCUT2D eigenvalue weighted by Crippen LogP contribution is 2.25. The maximum absolute atomic E-state index is 13.0. The van der Waals surface area contributed by atoms with Crippen LogP contribution in [0.3, 0.4) is 0 Å². The van der Waals surface area contributed by atoms with E-state index in [0.29, 0.717) is 23.7 Å². The van der Waals surface area contributed by atoms with Gasteiger partial charge >= 0.3 is 0 Å². The molecule has 7 heteroatoms. The van der Waals surface area contributed by atoms with Gasteiger partial charge in [-0.2, -0.15) is 4.31 Å². The van der Waals surface area contributed by atoms with Crippen molar-refractivity contribution in [3.05, 3.63) is 64.4 Å². The number of rotatable bonds is 5.